The lowest BCUT2D eigenvalue weighted by atomic mass is 10.1. The SMILES string of the molecule is Cc1cc2nc(N)c(-c3ccccc3)nc2cc1C. The average molecular weight is 249 g/mol. The first kappa shape index (κ1) is 11.7. The van der Waals surface area contributed by atoms with Crippen molar-refractivity contribution < 1.29 is 0 Å². The van der Waals surface area contributed by atoms with Crippen LogP contribution in [0.2, 0.25) is 0 Å². The van der Waals surface area contributed by atoms with Crippen molar-refractivity contribution in [2.75, 3.05) is 5.73 Å². The highest BCUT2D eigenvalue weighted by Gasteiger charge is 2.09. The van der Waals surface area contributed by atoms with Gasteiger partial charge in [0.15, 0.2) is 5.82 Å². The molecule has 94 valence electrons. The second-order valence-corrected chi connectivity index (χ2v) is 4.75. The molecule has 0 radical (unpaired) electrons. The van der Waals surface area contributed by atoms with E-state index < -0.39 is 0 Å². The number of nitrogen functional groups attached to an aromatic ring is 1. The Morgan fingerprint density at radius 3 is 2.05 bits per heavy atom. The molecule has 1 heterocycles. The first-order valence-corrected chi connectivity index (χ1v) is 6.25. The van der Waals surface area contributed by atoms with Gasteiger partial charge in [0.25, 0.3) is 0 Å². The second kappa shape index (κ2) is 4.35. The number of fused-ring (bicyclic) bond motifs is 1. The highest BCUT2D eigenvalue weighted by Crippen LogP contribution is 2.25. The molecule has 3 nitrogen and oxygen atoms in total. The van der Waals surface area contributed by atoms with Crippen LogP contribution in [0.1, 0.15) is 11.1 Å². The summed E-state index contributed by atoms with van der Waals surface area (Å²) in [6.45, 7) is 4.15. The minimum Gasteiger partial charge on any atom is -0.382 e. The summed E-state index contributed by atoms with van der Waals surface area (Å²) in [5.41, 5.74) is 11.9. The number of anilines is 1. The fraction of sp³-hybridized carbons (Fsp3) is 0.125. The van der Waals surface area contributed by atoms with Gasteiger partial charge in [0.1, 0.15) is 5.69 Å². The normalized spacial score (nSPS) is 10.8. The number of aryl methyl sites for hydroxylation is 2. The van der Waals surface area contributed by atoms with Crippen LogP contribution in [-0.2, 0) is 0 Å². The number of benzene rings is 2. The Labute approximate surface area is 112 Å². The molecule has 1 aromatic heterocycles. The molecule has 2 N–H and O–H groups in total. The lowest BCUT2D eigenvalue weighted by molar-refractivity contribution is 1.27. The maximum absolute atomic E-state index is 6.03. The van der Waals surface area contributed by atoms with E-state index in [0.29, 0.717) is 5.82 Å². The van der Waals surface area contributed by atoms with E-state index in [9.17, 15) is 0 Å². The maximum atomic E-state index is 6.03. The summed E-state index contributed by atoms with van der Waals surface area (Å²) in [4.78, 5) is 9.13. The lowest BCUT2D eigenvalue weighted by Crippen LogP contribution is -1.99. The summed E-state index contributed by atoms with van der Waals surface area (Å²) in [5.74, 6) is 0.474. The van der Waals surface area contributed by atoms with E-state index in [1.165, 1.54) is 11.1 Å². The molecule has 0 amide bonds. The lowest BCUT2D eigenvalue weighted by Gasteiger charge is -2.08. The molecule has 0 fully saturated rings. The zero-order valence-electron chi connectivity index (χ0n) is 11.0. The van der Waals surface area contributed by atoms with Crippen molar-refractivity contribution in [1.82, 2.24) is 9.97 Å². The number of hydrogen-bond donors (Lipinski definition) is 1. The Morgan fingerprint density at radius 1 is 0.842 bits per heavy atom. The third-order valence-electron chi connectivity index (χ3n) is 3.35. The quantitative estimate of drug-likeness (QED) is 0.718. The van der Waals surface area contributed by atoms with E-state index in [0.717, 1.165) is 22.3 Å². The predicted octanol–water partition coefficient (Wildman–Crippen LogP) is 3.50. The fourth-order valence-corrected chi connectivity index (χ4v) is 2.13. The molecule has 0 saturated heterocycles. The van der Waals surface area contributed by atoms with Crippen molar-refractivity contribution >= 4 is 16.9 Å². The van der Waals surface area contributed by atoms with Crippen molar-refractivity contribution in [3.63, 3.8) is 0 Å². The van der Waals surface area contributed by atoms with Gasteiger partial charge in [-0.25, -0.2) is 9.97 Å². The van der Waals surface area contributed by atoms with Gasteiger partial charge in [0.05, 0.1) is 11.0 Å². The molecule has 0 aliphatic heterocycles. The summed E-state index contributed by atoms with van der Waals surface area (Å²) >= 11 is 0. The van der Waals surface area contributed by atoms with Gasteiger partial charge in [0, 0.05) is 5.56 Å². The number of nitrogens with two attached hydrogens (primary N) is 1. The molecule has 3 rings (SSSR count). The van der Waals surface area contributed by atoms with Crippen LogP contribution in [0.25, 0.3) is 22.3 Å². The summed E-state index contributed by atoms with van der Waals surface area (Å²) in [5, 5.41) is 0. The third kappa shape index (κ3) is 2.03. The number of hydrogen-bond acceptors (Lipinski definition) is 3. The second-order valence-electron chi connectivity index (χ2n) is 4.75. The highest BCUT2D eigenvalue weighted by atomic mass is 14.9. The molecule has 0 atom stereocenters. The maximum Gasteiger partial charge on any atom is 0.150 e. The predicted molar refractivity (Wildman–Crippen MR) is 78.9 cm³/mol. The molecule has 0 spiro atoms. The molecular weight excluding hydrogens is 234 g/mol. The third-order valence-corrected chi connectivity index (χ3v) is 3.35. The van der Waals surface area contributed by atoms with Crippen molar-refractivity contribution in [3.05, 3.63) is 53.6 Å². The number of aromatic nitrogens is 2. The van der Waals surface area contributed by atoms with E-state index in [1.54, 1.807) is 0 Å². The summed E-state index contributed by atoms with van der Waals surface area (Å²) in [7, 11) is 0. The topological polar surface area (TPSA) is 51.8 Å². The Morgan fingerprint density at radius 2 is 1.42 bits per heavy atom. The summed E-state index contributed by atoms with van der Waals surface area (Å²) in [6, 6.07) is 14.0. The van der Waals surface area contributed by atoms with Crippen molar-refractivity contribution in [2.24, 2.45) is 0 Å². The number of nitrogens with zero attached hydrogens (tertiary/aromatic N) is 2. The van der Waals surface area contributed by atoms with Gasteiger partial charge in [-0.3, -0.25) is 0 Å². The zero-order chi connectivity index (χ0) is 13.4. The Kier molecular flexibility index (Phi) is 2.67. The van der Waals surface area contributed by atoms with Crippen LogP contribution in [0.15, 0.2) is 42.5 Å². The molecule has 3 heteroatoms. The van der Waals surface area contributed by atoms with Crippen LogP contribution in [0.4, 0.5) is 5.82 Å². The minimum absolute atomic E-state index is 0.474. The average Bonchev–Trinajstić information content (AvgIpc) is 2.41. The molecular formula is C16H15N3. The van der Waals surface area contributed by atoms with Crippen molar-refractivity contribution in [2.45, 2.75) is 13.8 Å². The van der Waals surface area contributed by atoms with Crippen LogP contribution in [-0.4, -0.2) is 9.97 Å². The van der Waals surface area contributed by atoms with Crippen molar-refractivity contribution in [3.8, 4) is 11.3 Å². The standard InChI is InChI=1S/C16H15N3/c1-10-8-13-14(9-11(10)2)19-16(17)15(18-13)12-6-4-3-5-7-12/h3-9H,1-2H3,(H2,17,19). The Hall–Kier alpha value is -2.42. The summed E-state index contributed by atoms with van der Waals surface area (Å²) < 4.78 is 0. The Balaban J connectivity index is 2.27. The zero-order valence-corrected chi connectivity index (χ0v) is 11.0. The summed E-state index contributed by atoms with van der Waals surface area (Å²) in [6.07, 6.45) is 0. The molecule has 0 bridgehead atoms. The van der Waals surface area contributed by atoms with Gasteiger partial charge in [0.2, 0.25) is 0 Å². The largest absolute Gasteiger partial charge is 0.382 e. The molecule has 0 unspecified atom stereocenters. The molecule has 0 aliphatic rings. The van der Waals surface area contributed by atoms with Gasteiger partial charge >= 0.3 is 0 Å². The monoisotopic (exact) mass is 249 g/mol. The van der Waals surface area contributed by atoms with Crippen LogP contribution >= 0.6 is 0 Å². The Bertz CT molecular complexity index is 749. The highest BCUT2D eigenvalue weighted by molar-refractivity contribution is 5.83. The van der Waals surface area contributed by atoms with E-state index in [-0.39, 0.29) is 0 Å². The van der Waals surface area contributed by atoms with Crippen molar-refractivity contribution in [1.29, 1.82) is 0 Å². The molecule has 3 aromatic rings. The first-order valence-electron chi connectivity index (χ1n) is 6.25. The molecule has 2 aromatic carbocycles. The molecule has 19 heavy (non-hydrogen) atoms. The van der Waals surface area contributed by atoms with E-state index >= 15 is 0 Å². The molecule has 0 aliphatic carbocycles. The van der Waals surface area contributed by atoms with Gasteiger partial charge in [-0.15, -0.1) is 0 Å². The van der Waals surface area contributed by atoms with Crippen LogP contribution in [0, 0.1) is 13.8 Å². The number of rotatable bonds is 1. The molecule has 0 saturated carbocycles. The first-order chi connectivity index (χ1) is 9.15. The van der Waals surface area contributed by atoms with Gasteiger partial charge < -0.3 is 5.73 Å². The van der Waals surface area contributed by atoms with E-state index in [2.05, 4.69) is 29.9 Å². The van der Waals surface area contributed by atoms with Gasteiger partial charge in [-0.2, -0.15) is 0 Å². The van der Waals surface area contributed by atoms with Gasteiger partial charge in [-0.1, -0.05) is 30.3 Å². The smallest absolute Gasteiger partial charge is 0.150 e. The minimum atomic E-state index is 0.474. The van der Waals surface area contributed by atoms with Crippen LogP contribution < -0.4 is 5.73 Å². The van der Waals surface area contributed by atoms with Crippen LogP contribution in [0.5, 0.6) is 0 Å². The van der Waals surface area contributed by atoms with E-state index in [4.69, 9.17) is 5.73 Å². The van der Waals surface area contributed by atoms with Gasteiger partial charge in [-0.05, 0) is 37.1 Å². The van der Waals surface area contributed by atoms with E-state index in [1.807, 2.05) is 36.4 Å². The van der Waals surface area contributed by atoms with Crippen LogP contribution in [0.3, 0.4) is 0 Å². The fourth-order valence-electron chi connectivity index (χ4n) is 2.13.